The van der Waals surface area contributed by atoms with Crippen LogP contribution < -0.4 is 4.72 Å². The minimum atomic E-state index is 0.339. The Morgan fingerprint density at radius 1 is 1.46 bits per heavy atom. The Bertz CT molecular complexity index is 261. The van der Waals surface area contributed by atoms with Crippen LogP contribution in [0.1, 0.15) is 5.56 Å². The van der Waals surface area contributed by atoms with Crippen LogP contribution in [0.2, 0.25) is 0 Å². The molecule has 2 rings (SSSR count). The number of hydrogen-bond acceptors (Lipinski definition) is 3. The van der Waals surface area contributed by atoms with Gasteiger partial charge in [-0.05, 0) is 12.0 Å². The van der Waals surface area contributed by atoms with Crippen molar-refractivity contribution in [1.29, 1.82) is 0 Å². The minimum absolute atomic E-state index is 0.339. The van der Waals surface area contributed by atoms with Crippen LogP contribution in [0.4, 0.5) is 0 Å². The Morgan fingerprint density at radius 3 is 2.69 bits per heavy atom. The lowest BCUT2D eigenvalue weighted by atomic mass is 10.0. The van der Waals surface area contributed by atoms with Crippen molar-refractivity contribution in [2.75, 3.05) is 6.61 Å². The van der Waals surface area contributed by atoms with Crippen LogP contribution in [0.15, 0.2) is 30.3 Å². The van der Waals surface area contributed by atoms with Crippen molar-refractivity contribution in [3.63, 3.8) is 0 Å². The number of nitrogens with one attached hydrogen (secondary N) is 1. The lowest BCUT2D eigenvalue weighted by molar-refractivity contribution is 0.364. The van der Waals surface area contributed by atoms with E-state index in [1.807, 2.05) is 6.07 Å². The van der Waals surface area contributed by atoms with Gasteiger partial charge in [-0.2, -0.15) is 0 Å². The zero-order chi connectivity index (χ0) is 9.10. The summed E-state index contributed by atoms with van der Waals surface area (Å²) in [5.74, 6) is 0. The van der Waals surface area contributed by atoms with Crippen LogP contribution in [-0.2, 0) is 11.2 Å². The molecule has 1 saturated heterocycles. The summed E-state index contributed by atoms with van der Waals surface area (Å²) in [6.07, 6.45) is 1.34. The zero-order valence-electron chi connectivity index (χ0n) is 7.31. The van der Waals surface area contributed by atoms with E-state index in [4.69, 9.17) is 4.74 Å². The summed E-state index contributed by atoms with van der Waals surface area (Å²) < 4.78 is 8.20. The molecule has 0 bridgehead atoms. The van der Waals surface area contributed by atoms with Crippen molar-refractivity contribution in [1.82, 2.24) is 4.72 Å². The molecule has 1 aromatic carbocycles. The third-order valence-corrected chi connectivity index (χ3v) is 2.60. The molecule has 0 amide bonds. The van der Waals surface area contributed by atoms with Gasteiger partial charge in [0.2, 0.25) is 0 Å². The average molecular weight is 195 g/mol. The van der Waals surface area contributed by atoms with Crippen LogP contribution in [-0.4, -0.2) is 18.8 Å². The molecule has 1 N–H and O–H groups in total. The highest BCUT2D eigenvalue weighted by molar-refractivity contribution is 7.78. The van der Waals surface area contributed by atoms with Crippen molar-refractivity contribution < 1.29 is 4.74 Å². The second kappa shape index (κ2) is 4.13. The fourth-order valence-corrected chi connectivity index (χ4v) is 1.67. The van der Waals surface area contributed by atoms with Gasteiger partial charge >= 0.3 is 0 Å². The maximum absolute atomic E-state index is 5.22. The van der Waals surface area contributed by atoms with Crippen molar-refractivity contribution >= 4 is 12.8 Å². The molecule has 0 saturated carbocycles. The lowest BCUT2D eigenvalue weighted by Crippen LogP contribution is -2.29. The molecule has 2 atom stereocenters. The predicted octanol–water partition coefficient (Wildman–Crippen LogP) is 1.43. The second-order valence-corrected chi connectivity index (χ2v) is 3.56. The molecule has 1 heterocycles. The Labute approximate surface area is 83.8 Å². The summed E-state index contributed by atoms with van der Waals surface area (Å²) in [5, 5.41) is 0. The maximum Gasteiger partial charge on any atom is 0.0974 e. The third-order valence-electron chi connectivity index (χ3n) is 2.27. The fourth-order valence-electron chi connectivity index (χ4n) is 1.42. The molecule has 1 fully saturated rings. The van der Waals surface area contributed by atoms with Gasteiger partial charge < -0.3 is 4.74 Å². The fraction of sp³-hybridized carbons (Fsp3) is 0.400. The van der Waals surface area contributed by atoms with E-state index in [0.717, 1.165) is 13.0 Å². The number of hydrogen-bond donors (Lipinski definition) is 2. The van der Waals surface area contributed by atoms with Gasteiger partial charge in [-0.1, -0.05) is 43.1 Å². The van der Waals surface area contributed by atoms with E-state index in [9.17, 15) is 0 Å². The first kappa shape index (κ1) is 9.06. The van der Waals surface area contributed by atoms with Crippen LogP contribution in [0, 0.1) is 0 Å². The average Bonchev–Trinajstić information content (AvgIpc) is 2.99. The van der Waals surface area contributed by atoms with Gasteiger partial charge in [0.1, 0.15) is 0 Å². The van der Waals surface area contributed by atoms with E-state index in [0.29, 0.717) is 12.1 Å². The van der Waals surface area contributed by atoms with Gasteiger partial charge in [0.25, 0.3) is 0 Å². The molecule has 13 heavy (non-hydrogen) atoms. The highest BCUT2D eigenvalue weighted by atomic mass is 32.1. The van der Waals surface area contributed by atoms with E-state index in [1.54, 1.807) is 0 Å². The SMILES string of the molecule is SN[C@@H](Cc1ccccc1)[C@H]1CO1. The lowest BCUT2D eigenvalue weighted by Gasteiger charge is -2.11. The van der Waals surface area contributed by atoms with E-state index in [-0.39, 0.29) is 0 Å². The molecule has 0 radical (unpaired) electrons. The minimum Gasteiger partial charge on any atom is -0.371 e. The highest BCUT2D eigenvalue weighted by Crippen LogP contribution is 2.18. The first-order valence-corrected chi connectivity index (χ1v) is 4.90. The van der Waals surface area contributed by atoms with Gasteiger partial charge in [-0.15, -0.1) is 0 Å². The molecule has 1 aliphatic rings. The molecule has 70 valence electrons. The second-order valence-electron chi connectivity index (χ2n) is 3.30. The highest BCUT2D eigenvalue weighted by Gasteiger charge is 2.31. The van der Waals surface area contributed by atoms with Gasteiger partial charge in [0.05, 0.1) is 12.7 Å². The Hall–Kier alpha value is -0.510. The van der Waals surface area contributed by atoms with Gasteiger partial charge in [-0.25, -0.2) is 0 Å². The normalized spacial score (nSPS) is 22.7. The Morgan fingerprint density at radius 2 is 2.15 bits per heavy atom. The quantitative estimate of drug-likeness (QED) is 0.561. The Kier molecular flexibility index (Phi) is 2.88. The van der Waals surface area contributed by atoms with Crippen molar-refractivity contribution in [2.45, 2.75) is 18.6 Å². The van der Waals surface area contributed by atoms with E-state index < -0.39 is 0 Å². The maximum atomic E-state index is 5.22. The molecule has 2 nitrogen and oxygen atoms in total. The standard InChI is InChI=1S/C10H13NOS/c13-11-9(10-7-12-10)6-8-4-2-1-3-5-8/h1-5,9-11,13H,6-7H2/t9-,10+/m0/s1. The number of benzene rings is 1. The monoisotopic (exact) mass is 195 g/mol. The number of rotatable bonds is 4. The Balaban J connectivity index is 1.95. The molecule has 0 spiro atoms. The molecule has 1 aliphatic heterocycles. The van der Waals surface area contributed by atoms with Crippen molar-refractivity contribution in [3.8, 4) is 0 Å². The van der Waals surface area contributed by atoms with E-state index in [2.05, 4.69) is 41.8 Å². The number of thiol groups is 1. The van der Waals surface area contributed by atoms with E-state index in [1.165, 1.54) is 5.56 Å². The summed E-state index contributed by atoms with van der Waals surface area (Å²) in [6, 6.07) is 10.7. The van der Waals surface area contributed by atoms with Crippen LogP contribution in [0.25, 0.3) is 0 Å². The molecule has 0 aromatic heterocycles. The van der Waals surface area contributed by atoms with E-state index >= 15 is 0 Å². The van der Waals surface area contributed by atoms with Crippen LogP contribution >= 0.6 is 12.8 Å². The zero-order valence-corrected chi connectivity index (χ0v) is 8.21. The molecular weight excluding hydrogens is 182 g/mol. The molecule has 0 unspecified atom stereocenters. The summed E-state index contributed by atoms with van der Waals surface area (Å²) in [7, 11) is 0. The smallest absolute Gasteiger partial charge is 0.0974 e. The van der Waals surface area contributed by atoms with Crippen molar-refractivity contribution in [2.24, 2.45) is 0 Å². The summed E-state index contributed by atoms with van der Waals surface area (Å²) in [6.45, 7) is 0.866. The molecular formula is C10H13NOS. The predicted molar refractivity (Wildman–Crippen MR) is 55.8 cm³/mol. The third kappa shape index (κ3) is 2.46. The topological polar surface area (TPSA) is 24.6 Å². The molecule has 0 aliphatic carbocycles. The summed E-state index contributed by atoms with van der Waals surface area (Å²) >= 11 is 4.10. The van der Waals surface area contributed by atoms with Crippen LogP contribution in [0.5, 0.6) is 0 Å². The molecule has 1 aromatic rings. The first-order chi connectivity index (χ1) is 6.40. The first-order valence-electron chi connectivity index (χ1n) is 4.45. The summed E-state index contributed by atoms with van der Waals surface area (Å²) in [4.78, 5) is 0. The van der Waals surface area contributed by atoms with Gasteiger partial charge in [0.15, 0.2) is 0 Å². The van der Waals surface area contributed by atoms with Gasteiger partial charge in [-0.3, -0.25) is 4.72 Å². The largest absolute Gasteiger partial charge is 0.371 e. The van der Waals surface area contributed by atoms with Crippen molar-refractivity contribution in [3.05, 3.63) is 35.9 Å². The number of epoxide rings is 1. The summed E-state index contributed by atoms with van der Waals surface area (Å²) in [5.41, 5.74) is 1.32. The van der Waals surface area contributed by atoms with Crippen LogP contribution in [0.3, 0.4) is 0 Å². The van der Waals surface area contributed by atoms with Gasteiger partial charge in [0, 0.05) is 6.04 Å². The number of ether oxygens (including phenoxy) is 1. The molecule has 3 heteroatoms.